The Kier molecular flexibility index (Phi) is 6.18. The average molecular weight is 380 g/mol. The largest absolute Gasteiger partial charge is 0.496 e. The van der Waals surface area contributed by atoms with E-state index in [1.54, 1.807) is 13.0 Å². The van der Waals surface area contributed by atoms with Gasteiger partial charge in [0.2, 0.25) is 10.0 Å². The lowest BCUT2D eigenvalue weighted by Crippen LogP contribution is -2.36. The lowest BCUT2D eigenvalue weighted by molar-refractivity contribution is -0.141. The number of rotatable bonds is 7. The monoisotopic (exact) mass is 379 g/mol. The minimum Gasteiger partial charge on any atom is -0.496 e. The van der Waals surface area contributed by atoms with E-state index in [0.29, 0.717) is 10.2 Å². The summed E-state index contributed by atoms with van der Waals surface area (Å²) in [4.78, 5) is 11.0. The number of hydrogen-bond acceptors (Lipinski definition) is 4. The summed E-state index contributed by atoms with van der Waals surface area (Å²) in [6.45, 7) is 3.26. The first-order chi connectivity index (χ1) is 9.73. The highest BCUT2D eigenvalue weighted by Gasteiger charge is 2.27. The number of carboxylic acid groups (broad SMARTS) is 1. The van der Waals surface area contributed by atoms with Crippen molar-refractivity contribution in [1.29, 1.82) is 0 Å². The third-order valence-electron chi connectivity index (χ3n) is 3.01. The zero-order chi connectivity index (χ0) is 16.2. The third kappa shape index (κ3) is 4.18. The number of ether oxygens (including phenoxy) is 1. The van der Waals surface area contributed by atoms with Crippen molar-refractivity contribution in [2.75, 3.05) is 20.2 Å². The van der Waals surface area contributed by atoms with Crippen LogP contribution in [0.5, 0.6) is 5.75 Å². The fourth-order valence-electron chi connectivity index (χ4n) is 1.73. The predicted molar refractivity (Wildman–Crippen MR) is 81.9 cm³/mol. The van der Waals surface area contributed by atoms with Gasteiger partial charge in [-0.25, -0.2) is 8.42 Å². The van der Waals surface area contributed by atoms with Gasteiger partial charge in [0.1, 0.15) is 5.75 Å². The molecule has 1 atom stereocenters. The number of carbonyl (C=O) groups is 1. The van der Waals surface area contributed by atoms with E-state index in [1.165, 1.54) is 26.2 Å². The van der Waals surface area contributed by atoms with Crippen molar-refractivity contribution in [2.24, 2.45) is 5.92 Å². The van der Waals surface area contributed by atoms with E-state index in [9.17, 15) is 13.2 Å². The number of aliphatic carboxylic acids is 1. The van der Waals surface area contributed by atoms with E-state index >= 15 is 0 Å². The zero-order valence-electron chi connectivity index (χ0n) is 12.0. The summed E-state index contributed by atoms with van der Waals surface area (Å²) < 4.78 is 32.0. The summed E-state index contributed by atoms with van der Waals surface area (Å²) in [6, 6.07) is 4.45. The minimum atomic E-state index is -3.76. The Morgan fingerprint density at radius 3 is 2.57 bits per heavy atom. The van der Waals surface area contributed by atoms with Gasteiger partial charge in [0, 0.05) is 19.2 Å². The van der Waals surface area contributed by atoms with Crippen molar-refractivity contribution in [1.82, 2.24) is 4.31 Å². The molecule has 0 amide bonds. The smallest absolute Gasteiger partial charge is 0.307 e. The topological polar surface area (TPSA) is 83.9 Å². The van der Waals surface area contributed by atoms with Crippen LogP contribution >= 0.6 is 15.9 Å². The van der Waals surface area contributed by atoms with E-state index < -0.39 is 21.9 Å². The molecule has 1 aromatic rings. The highest BCUT2D eigenvalue weighted by Crippen LogP contribution is 2.29. The molecule has 0 spiro atoms. The molecule has 0 aliphatic rings. The standard InChI is InChI=1S/C13H18BrNO5S/c1-4-15(8-9(2)13(16)17)21(18,19)10-5-6-11(14)12(7-10)20-3/h5-7,9H,4,8H2,1-3H3,(H,16,17). The van der Waals surface area contributed by atoms with Crippen LogP contribution in [-0.2, 0) is 14.8 Å². The van der Waals surface area contributed by atoms with Crippen LogP contribution in [0.1, 0.15) is 13.8 Å². The van der Waals surface area contributed by atoms with Crippen LogP contribution in [0.25, 0.3) is 0 Å². The second-order valence-corrected chi connectivity index (χ2v) is 7.28. The van der Waals surface area contributed by atoms with Gasteiger partial charge in [-0.1, -0.05) is 13.8 Å². The Bertz CT molecular complexity index is 617. The average Bonchev–Trinajstić information content (AvgIpc) is 2.44. The van der Waals surface area contributed by atoms with Crippen LogP contribution in [-0.4, -0.2) is 44.0 Å². The van der Waals surface area contributed by atoms with Crippen molar-refractivity contribution in [3.63, 3.8) is 0 Å². The van der Waals surface area contributed by atoms with Gasteiger partial charge in [0.25, 0.3) is 0 Å². The van der Waals surface area contributed by atoms with Crippen molar-refractivity contribution in [3.8, 4) is 5.75 Å². The van der Waals surface area contributed by atoms with Crippen LogP contribution in [0.3, 0.4) is 0 Å². The quantitative estimate of drug-likeness (QED) is 0.784. The normalized spacial score (nSPS) is 13.2. The van der Waals surface area contributed by atoms with E-state index in [4.69, 9.17) is 9.84 Å². The molecular formula is C13H18BrNO5S. The lowest BCUT2D eigenvalue weighted by atomic mass is 10.2. The molecule has 1 N–H and O–H groups in total. The Hall–Kier alpha value is -1.12. The first kappa shape index (κ1) is 17.9. The van der Waals surface area contributed by atoms with E-state index in [0.717, 1.165) is 4.31 Å². The molecule has 0 saturated heterocycles. The number of halogens is 1. The van der Waals surface area contributed by atoms with Gasteiger partial charge < -0.3 is 9.84 Å². The van der Waals surface area contributed by atoms with Gasteiger partial charge in [-0.15, -0.1) is 0 Å². The molecule has 0 radical (unpaired) electrons. The Morgan fingerprint density at radius 1 is 1.48 bits per heavy atom. The summed E-state index contributed by atoms with van der Waals surface area (Å²) in [6.07, 6.45) is 0. The molecule has 118 valence electrons. The van der Waals surface area contributed by atoms with Crippen molar-refractivity contribution < 1.29 is 23.1 Å². The number of methoxy groups -OCH3 is 1. The maximum absolute atomic E-state index is 12.6. The fourth-order valence-corrected chi connectivity index (χ4v) is 3.69. The van der Waals surface area contributed by atoms with Crippen LogP contribution < -0.4 is 4.74 Å². The molecule has 0 aliphatic heterocycles. The molecule has 1 unspecified atom stereocenters. The van der Waals surface area contributed by atoms with Crippen molar-refractivity contribution >= 4 is 31.9 Å². The van der Waals surface area contributed by atoms with Crippen LogP contribution in [0.2, 0.25) is 0 Å². The molecule has 8 heteroatoms. The molecule has 21 heavy (non-hydrogen) atoms. The van der Waals surface area contributed by atoms with Crippen LogP contribution in [0.15, 0.2) is 27.6 Å². The number of nitrogens with zero attached hydrogens (tertiary/aromatic N) is 1. The molecule has 0 aliphatic carbocycles. The number of carboxylic acids is 1. The number of hydrogen-bond donors (Lipinski definition) is 1. The predicted octanol–water partition coefficient (Wildman–Crippen LogP) is 2.19. The fraction of sp³-hybridized carbons (Fsp3) is 0.462. The van der Waals surface area contributed by atoms with Crippen LogP contribution in [0, 0.1) is 5.92 Å². The van der Waals surface area contributed by atoms with Gasteiger partial charge >= 0.3 is 5.97 Å². The second-order valence-electron chi connectivity index (χ2n) is 4.49. The molecular weight excluding hydrogens is 362 g/mol. The summed E-state index contributed by atoms with van der Waals surface area (Å²) in [5, 5.41) is 8.93. The van der Waals surface area contributed by atoms with E-state index in [-0.39, 0.29) is 18.0 Å². The van der Waals surface area contributed by atoms with E-state index in [1.807, 2.05) is 0 Å². The molecule has 0 aromatic heterocycles. The maximum Gasteiger partial charge on any atom is 0.307 e. The van der Waals surface area contributed by atoms with Crippen molar-refractivity contribution in [3.05, 3.63) is 22.7 Å². The highest BCUT2D eigenvalue weighted by atomic mass is 79.9. The Morgan fingerprint density at radius 2 is 2.10 bits per heavy atom. The second kappa shape index (κ2) is 7.24. The first-order valence-corrected chi connectivity index (χ1v) is 8.53. The first-order valence-electron chi connectivity index (χ1n) is 6.30. The summed E-state index contributed by atoms with van der Waals surface area (Å²) in [7, 11) is -2.31. The zero-order valence-corrected chi connectivity index (χ0v) is 14.4. The molecule has 0 fully saturated rings. The third-order valence-corrected chi connectivity index (χ3v) is 5.60. The molecule has 1 rings (SSSR count). The summed E-state index contributed by atoms with van der Waals surface area (Å²) in [5.41, 5.74) is 0. The number of sulfonamides is 1. The highest BCUT2D eigenvalue weighted by molar-refractivity contribution is 9.10. The van der Waals surface area contributed by atoms with Crippen molar-refractivity contribution in [2.45, 2.75) is 18.7 Å². The van der Waals surface area contributed by atoms with Gasteiger partial charge in [-0.2, -0.15) is 4.31 Å². The summed E-state index contributed by atoms with van der Waals surface area (Å²) >= 11 is 3.26. The lowest BCUT2D eigenvalue weighted by Gasteiger charge is -2.22. The van der Waals surface area contributed by atoms with Crippen LogP contribution in [0.4, 0.5) is 0 Å². The summed E-state index contributed by atoms with van der Waals surface area (Å²) in [5.74, 6) is -1.41. The molecule has 0 heterocycles. The maximum atomic E-state index is 12.6. The van der Waals surface area contributed by atoms with Gasteiger partial charge in [0.05, 0.1) is 22.4 Å². The SMILES string of the molecule is CCN(CC(C)C(=O)O)S(=O)(=O)c1ccc(Br)c(OC)c1. The molecule has 0 bridgehead atoms. The Labute approximate surface area is 132 Å². The van der Waals surface area contributed by atoms with E-state index in [2.05, 4.69) is 15.9 Å². The molecule has 6 nitrogen and oxygen atoms in total. The van der Waals surface area contributed by atoms with Gasteiger partial charge in [-0.05, 0) is 28.1 Å². The molecule has 0 saturated carbocycles. The number of benzene rings is 1. The molecule has 1 aromatic carbocycles. The Balaban J connectivity index is 3.15. The minimum absolute atomic E-state index is 0.0713. The van der Waals surface area contributed by atoms with Gasteiger partial charge in [0.15, 0.2) is 0 Å². The van der Waals surface area contributed by atoms with Gasteiger partial charge in [-0.3, -0.25) is 4.79 Å².